The van der Waals surface area contributed by atoms with Crippen LogP contribution >= 0.6 is 11.6 Å². The van der Waals surface area contributed by atoms with E-state index in [4.69, 9.17) is 30.5 Å². The van der Waals surface area contributed by atoms with Crippen molar-refractivity contribution in [2.75, 3.05) is 33.0 Å². The zero-order valence-electron chi connectivity index (χ0n) is 13.9. The lowest BCUT2D eigenvalue weighted by molar-refractivity contribution is -0.385. The van der Waals surface area contributed by atoms with Gasteiger partial charge in [0.2, 0.25) is 5.15 Å². The van der Waals surface area contributed by atoms with Crippen LogP contribution in [0.4, 0.5) is 5.69 Å². The van der Waals surface area contributed by atoms with Crippen molar-refractivity contribution >= 4 is 17.3 Å². The van der Waals surface area contributed by atoms with Crippen molar-refractivity contribution in [1.82, 2.24) is 9.78 Å². The third kappa shape index (κ3) is 4.60. The molecule has 0 bridgehead atoms. The minimum absolute atomic E-state index is 0.0256. The standard InChI is InChI=1S/C15H22ClN3O6/c16-14-13(19(20)21)15(17-18(14)11-5-9-22-10-11)25-8-3-7-24-12-4-1-2-6-23-12/h11-12H,1-10H2. The summed E-state index contributed by atoms with van der Waals surface area (Å²) in [5.41, 5.74) is -0.301. The van der Waals surface area contributed by atoms with Crippen LogP contribution in [0.15, 0.2) is 0 Å². The normalized spacial score (nSPS) is 23.7. The summed E-state index contributed by atoms with van der Waals surface area (Å²) in [6, 6.07) is -0.102. The van der Waals surface area contributed by atoms with Crippen LogP contribution in [-0.4, -0.2) is 54.0 Å². The number of aromatic nitrogens is 2. The molecule has 25 heavy (non-hydrogen) atoms. The van der Waals surface area contributed by atoms with Crippen LogP contribution in [0.2, 0.25) is 5.15 Å². The Balaban J connectivity index is 1.52. The van der Waals surface area contributed by atoms with Crippen molar-refractivity contribution in [3.8, 4) is 5.88 Å². The predicted octanol–water partition coefficient (Wildman–Crippen LogP) is 2.72. The molecule has 2 fully saturated rings. The van der Waals surface area contributed by atoms with Gasteiger partial charge in [0.05, 0.1) is 30.8 Å². The quantitative estimate of drug-likeness (QED) is 0.391. The second-order valence-corrected chi connectivity index (χ2v) is 6.39. The van der Waals surface area contributed by atoms with Crippen LogP contribution in [0.3, 0.4) is 0 Å². The van der Waals surface area contributed by atoms with E-state index in [1.54, 1.807) is 0 Å². The highest BCUT2D eigenvalue weighted by Crippen LogP contribution is 2.37. The summed E-state index contributed by atoms with van der Waals surface area (Å²) >= 11 is 6.13. The molecule has 3 heterocycles. The number of rotatable bonds is 8. The molecule has 2 saturated heterocycles. The van der Waals surface area contributed by atoms with Gasteiger partial charge in [0.25, 0.3) is 0 Å². The Kier molecular flexibility index (Phi) is 6.46. The molecule has 10 heteroatoms. The summed E-state index contributed by atoms with van der Waals surface area (Å²) in [5, 5.41) is 15.4. The van der Waals surface area contributed by atoms with Gasteiger partial charge >= 0.3 is 11.6 Å². The molecule has 0 amide bonds. The Hall–Kier alpha value is -1.42. The summed E-state index contributed by atoms with van der Waals surface area (Å²) < 4.78 is 23.3. The molecule has 0 spiro atoms. The largest absolute Gasteiger partial charge is 0.472 e. The average molecular weight is 376 g/mol. The van der Waals surface area contributed by atoms with Gasteiger partial charge in [-0.2, -0.15) is 0 Å². The zero-order chi connectivity index (χ0) is 17.6. The van der Waals surface area contributed by atoms with Crippen molar-refractivity contribution in [3.05, 3.63) is 15.3 Å². The lowest BCUT2D eigenvalue weighted by Crippen LogP contribution is -2.23. The van der Waals surface area contributed by atoms with E-state index in [1.807, 2.05) is 0 Å². The fourth-order valence-corrected chi connectivity index (χ4v) is 3.20. The molecule has 0 N–H and O–H groups in total. The molecule has 1 aromatic heterocycles. The van der Waals surface area contributed by atoms with E-state index in [-0.39, 0.29) is 35.7 Å². The first-order valence-electron chi connectivity index (χ1n) is 8.53. The average Bonchev–Trinajstić information content (AvgIpc) is 3.23. The van der Waals surface area contributed by atoms with Crippen molar-refractivity contribution in [1.29, 1.82) is 0 Å². The van der Waals surface area contributed by atoms with Crippen LogP contribution in [0.5, 0.6) is 5.88 Å². The maximum Gasteiger partial charge on any atom is 0.368 e. The Bertz CT molecular complexity index is 584. The van der Waals surface area contributed by atoms with Crippen molar-refractivity contribution in [2.24, 2.45) is 0 Å². The maximum absolute atomic E-state index is 11.3. The monoisotopic (exact) mass is 375 g/mol. The molecular weight excluding hydrogens is 354 g/mol. The molecular formula is C15H22ClN3O6. The molecule has 3 rings (SSSR count). The first-order valence-corrected chi connectivity index (χ1v) is 8.90. The lowest BCUT2D eigenvalue weighted by Gasteiger charge is -2.22. The number of hydrogen-bond donors (Lipinski definition) is 0. The summed E-state index contributed by atoms with van der Waals surface area (Å²) in [7, 11) is 0. The smallest absolute Gasteiger partial charge is 0.368 e. The highest BCUT2D eigenvalue weighted by atomic mass is 35.5. The molecule has 0 aromatic carbocycles. The van der Waals surface area contributed by atoms with Crippen molar-refractivity contribution in [2.45, 2.75) is 44.4 Å². The van der Waals surface area contributed by atoms with E-state index >= 15 is 0 Å². The molecule has 2 atom stereocenters. The Morgan fingerprint density at radius 3 is 2.88 bits per heavy atom. The van der Waals surface area contributed by atoms with Gasteiger partial charge in [0, 0.05) is 19.6 Å². The van der Waals surface area contributed by atoms with Crippen LogP contribution < -0.4 is 4.74 Å². The van der Waals surface area contributed by atoms with E-state index in [2.05, 4.69) is 5.10 Å². The molecule has 2 aliphatic heterocycles. The van der Waals surface area contributed by atoms with E-state index in [1.165, 1.54) is 4.68 Å². The third-order valence-corrected chi connectivity index (χ3v) is 4.55. The van der Waals surface area contributed by atoms with Gasteiger partial charge in [-0.05, 0) is 25.7 Å². The molecule has 2 aliphatic rings. The topological polar surface area (TPSA) is 97.9 Å². The minimum atomic E-state index is -0.566. The first-order chi connectivity index (χ1) is 12.2. The Morgan fingerprint density at radius 2 is 2.20 bits per heavy atom. The van der Waals surface area contributed by atoms with Crippen molar-refractivity contribution in [3.63, 3.8) is 0 Å². The first kappa shape index (κ1) is 18.4. The van der Waals surface area contributed by atoms with Crippen molar-refractivity contribution < 1.29 is 23.9 Å². The SMILES string of the molecule is O=[N+]([O-])c1c(OCCCOC2CCCCO2)nn(C2CCOC2)c1Cl. The molecule has 9 nitrogen and oxygen atoms in total. The maximum atomic E-state index is 11.3. The van der Waals surface area contributed by atoms with Gasteiger partial charge in [0.1, 0.15) is 0 Å². The molecule has 1 aromatic rings. The van der Waals surface area contributed by atoms with Gasteiger partial charge in [0.15, 0.2) is 6.29 Å². The van der Waals surface area contributed by atoms with Gasteiger partial charge < -0.3 is 18.9 Å². The predicted molar refractivity (Wildman–Crippen MR) is 88.0 cm³/mol. The van der Waals surface area contributed by atoms with Gasteiger partial charge in [-0.15, -0.1) is 5.10 Å². The lowest BCUT2D eigenvalue weighted by atomic mass is 10.2. The van der Waals surface area contributed by atoms with Gasteiger partial charge in [-0.25, -0.2) is 4.68 Å². The highest BCUT2D eigenvalue weighted by molar-refractivity contribution is 6.32. The van der Waals surface area contributed by atoms with Gasteiger partial charge in [-0.3, -0.25) is 10.1 Å². The number of nitro groups is 1. The third-order valence-electron chi connectivity index (χ3n) is 4.20. The number of nitrogens with zero attached hydrogens (tertiary/aromatic N) is 3. The molecule has 2 unspecified atom stereocenters. The molecule has 0 aliphatic carbocycles. The zero-order valence-corrected chi connectivity index (χ0v) is 14.7. The number of halogens is 1. The fraction of sp³-hybridized carbons (Fsp3) is 0.800. The van der Waals surface area contributed by atoms with Crippen LogP contribution in [-0.2, 0) is 14.2 Å². The minimum Gasteiger partial charge on any atom is -0.472 e. The Morgan fingerprint density at radius 1 is 1.32 bits per heavy atom. The highest BCUT2D eigenvalue weighted by Gasteiger charge is 2.32. The van der Waals surface area contributed by atoms with E-state index in [0.717, 1.165) is 25.9 Å². The summed E-state index contributed by atoms with van der Waals surface area (Å²) in [4.78, 5) is 10.7. The van der Waals surface area contributed by atoms with Crippen LogP contribution in [0, 0.1) is 10.1 Å². The summed E-state index contributed by atoms with van der Waals surface area (Å²) in [6.45, 7) is 2.47. The molecule has 0 radical (unpaired) electrons. The number of hydrogen-bond acceptors (Lipinski definition) is 7. The van der Waals surface area contributed by atoms with E-state index in [9.17, 15) is 10.1 Å². The fourth-order valence-electron chi connectivity index (χ4n) is 2.88. The van der Waals surface area contributed by atoms with E-state index < -0.39 is 4.92 Å². The second kappa shape index (κ2) is 8.79. The summed E-state index contributed by atoms with van der Waals surface area (Å²) in [6.07, 6.45) is 4.21. The summed E-state index contributed by atoms with van der Waals surface area (Å²) in [5.74, 6) is -0.0594. The molecule has 0 saturated carbocycles. The molecule has 140 valence electrons. The van der Waals surface area contributed by atoms with Gasteiger partial charge in [-0.1, -0.05) is 11.6 Å². The van der Waals surface area contributed by atoms with Crippen LogP contribution in [0.1, 0.15) is 38.1 Å². The Labute approximate surface area is 150 Å². The number of ether oxygens (including phenoxy) is 4. The van der Waals surface area contributed by atoms with E-state index in [0.29, 0.717) is 32.7 Å². The van der Waals surface area contributed by atoms with Crippen LogP contribution in [0.25, 0.3) is 0 Å². The second-order valence-electron chi connectivity index (χ2n) is 6.03.